The van der Waals surface area contributed by atoms with E-state index >= 15 is 0 Å². The molecule has 0 spiro atoms. The lowest BCUT2D eigenvalue weighted by molar-refractivity contribution is -0.125. The molecule has 7 nitrogen and oxygen atoms in total. The number of nitrogens with one attached hydrogen (secondary N) is 1. The van der Waals surface area contributed by atoms with Crippen molar-refractivity contribution >= 4 is 22.8 Å². The van der Waals surface area contributed by atoms with E-state index in [-0.39, 0.29) is 11.8 Å². The third-order valence-electron chi connectivity index (χ3n) is 5.17. The molecule has 1 aromatic carbocycles. The first-order valence-corrected chi connectivity index (χ1v) is 10.0. The summed E-state index contributed by atoms with van der Waals surface area (Å²) >= 11 is 0. The van der Waals surface area contributed by atoms with Crippen LogP contribution in [-0.4, -0.2) is 40.6 Å². The largest absolute Gasteiger partial charge is 0.494 e. The number of carbonyl (C=O) groups excluding carboxylic acids is 1. The highest BCUT2D eigenvalue weighted by Gasteiger charge is 2.26. The van der Waals surface area contributed by atoms with Gasteiger partial charge in [0, 0.05) is 32.0 Å². The van der Waals surface area contributed by atoms with E-state index < -0.39 is 0 Å². The Labute approximate surface area is 170 Å². The number of amides is 1. The Balaban J connectivity index is 1.36. The molecule has 1 N–H and O–H groups in total. The van der Waals surface area contributed by atoms with Crippen molar-refractivity contribution in [3.63, 3.8) is 0 Å². The predicted molar refractivity (Wildman–Crippen MR) is 112 cm³/mol. The summed E-state index contributed by atoms with van der Waals surface area (Å²) in [5, 5.41) is 3.08. The Kier molecular flexibility index (Phi) is 5.84. The molecule has 0 saturated carbocycles. The standard InChI is InChI=1S/C22H25N5O2/c1-2-29-19-7-5-16(6-8-19)13-26-22(28)17-4-3-11-27(15-17)18-12-20-21(25-14-18)24-10-9-23-20/h5-10,12,14,17H,2-4,11,13,15H2,1H3,(H,26,28). The Morgan fingerprint density at radius 2 is 2.03 bits per heavy atom. The van der Waals surface area contributed by atoms with Gasteiger partial charge in [0.15, 0.2) is 5.65 Å². The van der Waals surface area contributed by atoms with E-state index in [1.165, 1.54) is 0 Å². The first kappa shape index (κ1) is 19.1. The number of ether oxygens (including phenoxy) is 1. The molecule has 29 heavy (non-hydrogen) atoms. The van der Waals surface area contributed by atoms with Crippen LogP contribution < -0.4 is 15.0 Å². The maximum Gasteiger partial charge on any atom is 0.225 e. The summed E-state index contributed by atoms with van der Waals surface area (Å²) in [6.07, 6.45) is 6.99. The number of rotatable bonds is 6. The van der Waals surface area contributed by atoms with Gasteiger partial charge in [-0.3, -0.25) is 9.78 Å². The molecule has 7 heteroatoms. The van der Waals surface area contributed by atoms with E-state index in [4.69, 9.17) is 4.74 Å². The normalized spacial score (nSPS) is 16.6. The molecule has 3 heterocycles. The van der Waals surface area contributed by atoms with Crippen LogP contribution in [0.3, 0.4) is 0 Å². The van der Waals surface area contributed by atoms with Gasteiger partial charge in [-0.2, -0.15) is 0 Å². The van der Waals surface area contributed by atoms with Crippen LogP contribution in [0.25, 0.3) is 11.2 Å². The Morgan fingerprint density at radius 3 is 2.86 bits per heavy atom. The maximum atomic E-state index is 12.7. The number of carbonyl (C=O) groups is 1. The molecule has 0 bridgehead atoms. The summed E-state index contributed by atoms with van der Waals surface area (Å²) in [4.78, 5) is 27.9. The van der Waals surface area contributed by atoms with Crippen LogP contribution in [0.4, 0.5) is 5.69 Å². The molecule has 2 aromatic heterocycles. The van der Waals surface area contributed by atoms with E-state index in [2.05, 4.69) is 25.2 Å². The molecule has 1 aliphatic heterocycles. The van der Waals surface area contributed by atoms with Gasteiger partial charge in [-0.05, 0) is 43.5 Å². The average molecular weight is 391 g/mol. The molecule has 150 valence electrons. The molecule has 4 rings (SSSR count). The van der Waals surface area contributed by atoms with Crippen LogP contribution in [0.2, 0.25) is 0 Å². The molecule has 3 aromatic rings. The van der Waals surface area contributed by atoms with Crippen molar-refractivity contribution in [2.24, 2.45) is 5.92 Å². The molecule has 0 aliphatic carbocycles. The Hall–Kier alpha value is -3.22. The third-order valence-corrected chi connectivity index (χ3v) is 5.17. The van der Waals surface area contributed by atoms with E-state index in [0.717, 1.165) is 41.9 Å². The van der Waals surface area contributed by atoms with Gasteiger partial charge in [0.1, 0.15) is 11.3 Å². The smallest absolute Gasteiger partial charge is 0.225 e. The third kappa shape index (κ3) is 4.62. The minimum atomic E-state index is -0.0380. The maximum absolute atomic E-state index is 12.7. The van der Waals surface area contributed by atoms with Gasteiger partial charge in [0.25, 0.3) is 0 Å². The topological polar surface area (TPSA) is 80.2 Å². The number of nitrogens with zero attached hydrogens (tertiary/aromatic N) is 4. The van der Waals surface area contributed by atoms with E-state index in [0.29, 0.717) is 25.3 Å². The molecular weight excluding hydrogens is 366 g/mol. The van der Waals surface area contributed by atoms with Crippen LogP contribution in [-0.2, 0) is 11.3 Å². The second kappa shape index (κ2) is 8.86. The van der Waals surface area contributed by atoms with Gasteiger partial charge in [-0.15, -0.1) is 0 Å². The fourth-order valence-corrected chi connectivity index (χ4v) is 3.65. The number of anilines is 1. The lowest BCUT2D eigenvalue weighted by Crippen LogP contribution is -2.43. The van der Waals surface area contributed by atoms with Crippen LogP contribution in [0, 0.1) is 5.92 Å². The fraction of sp³-hybridized carbons (Fsp3) is 0.364. The van der Waals surface area contributed by atoms with E-state index in [1.807, 2.05) is 43.5 Å². The van der Waals surface area contributed by atoms with Crippen LogP contribution in [0.1, 0.15) is 25.3 Å². The Morgan fingerprint density at radius 1 is 1.21 bits per heavy atom. The first-order valence-electron chi connectivity index (χ1n) is 10.0. The summed E-state index contributed by atoms with van der Waals surface area (Å²) in [6.45, 7) is 4.73. The van der Waals surface area contributed by atoms with Crippen molar-refractivity contribution in [2.45, 2.75) is 26.3 Å². The Bertz CT molecular complexity index is 976. The second-order valence-electron chi connectivity index (χ2n) is 7.17. The number of hydrogen-bond donors (Lipinski definition) is 1. The van der Waals surface area contributed by atoms with Crippen LogP contribution in [0.5, 0.6) is 5.75 Å². The zero-order chi connectivity index (χ0) is 20.1. The number of hydrogen-bond acceptors (Lipinski definition) is 6. The molecule has 1 atom stereocenters. The summed E-state index contributed by atoms with van der Waals surface area (Å²) in [7, 11) is 0. The van der Waals surface area contributed by atoms with Crippen molar-refractivity contribution in [1.29, 1.82) is 0 Å². The molecule has 0 radical (unpaired) electrons. The van der Waals surface area contributed by atoms with Gasteiger partial charge in [0.2, 0.25) is 5.91 Å². The number of piperidine rings is 1. The van der Waals surface area contributed by atoms with Gasteiger partial charge < -0.3 is 15.0 Å². The highest BCUT2D eigenvalue weighted by molar-refractivity contribution is 5.80. The van der Waals surface area contributed by atoms with Gasteiger partial charge in [-0.25, -0.2) is 9.97 Å². The van der Waals surface area contributed by atoms with Crippen molar-refractivity contribution in [3.05, 3.63) is 54.5 Å². The highest BCUT2D eigenvalue weighted by atomic mass is 16.5. The number of benzene rings is 1. The lowest BCUT2D eigenvalue weighted by Gasteiger charge is -2.33. The molecule has 1 amide bonds. The number of fused-ring (bicyclic) bond motifs is 1. The summed E-state index contributed by atoms with van der Waals surface area (Å²) in [6, 6.07) is 9.84. The lowest BCUT2D eigenvalue weighted by atomic mass is 9.96. The molecule has 1 fully saturated rings. The van der Waals surface area contributed by atoms with Crippen molar-refractivity contribution in [3.8, 4) is 5.75 Å². The highest BCUT2D eigenvalue weighted by Crippen LogP contribution is 2.24. The predicted octanol–water partition coefficient (Wildman–Crippen LogP) is 2.96. The van der Waals surface area contributed by atoms with Gasteiger partial charge >= 0.3 is 0 Å². The van der Waals surface area contributed by atoms with Gasteiger partial charge in [-0.1, -0.05) is 12.1 Å². The first-order chi connectivity index (χ1) is 14.2. The monoisotopic (exact) mass is 391 g/mol. The summed E-state index contributed by atoms with van der Waals surface area (Å²) < 4.78 is 5.46. The zero-order valence-corrected chi connectivity index (χ0v) is 16.5. The minimum Gasteiger partial charge on any atom is -0.494 e. The second-order valence-corrected chi connectivity index (χ2v) is 7.17. The van der Waals surface area contributed by atoms with Crippen LogP contribution >= 0.6 is 0 Å². The average Bonchev–Trinajstić information content (AvgIpc) is 2.78. The fourth-order valence-electron chi connectivity index (χ4n) is 3.65. The van der Waals surface area contributed by atoms with Crippen LogP contribution in [0.15, 0.2) is 48.9 Å². The quantitative estimate of drug-likeness (QED) is 0.696. The molecular formula is C22H25N5O2. The molecule has 1 saturated heterocycles. The number of aromatic nitrogens is 3. The summed E-state index contributed by atoms with van der Waals surface area (Å²) in [5.74, 6) is 0.903. The number of pyridine rings is 1. The zero-order valence-electron chi connectivity index (χ0n) is 16.5. The van der Waals surface area contributed by atoms with Crippen molar-refractivity contribution in [1.82, 2.24) is 20.3 Å². The van der Waals surface area contributed by atoms with E-state index in [9.17, 15) is 4.79 Å². The van der Waals surface area contributed by atoms with Gasteiger partial charge in [0.05, 0.1) is 24.4 Å². The molecule has 1 unspecified atom stereocenters. The SMILES string of the molecule is CCOc1ccc(CNC(=O)C2CCCN(c3cnc4nccnc4c3)C2)cc1. The van der Waals surface area contributed by atoms with Crippen molar-refractivity contribution in [2.75, 3.05) is 24.6 Å². The summed E-state index contributed by atoms with van der Waals surface area (Å²) in [5.41, 5.74) is 3.46. The molecule has 1 aliphatic rings. The van der Waals surface area contributed by atoms with E-state index in [1.54, 1.807) is 12.4 Å². The minimum absolute atomic E-state index is 0.0380. The van der Waals surface area contributed by atoms with Crippen molar-refractivity contribution < 1.29 is 9.53 Å².